The number of halogens is 1. The summed E-state index contributed by atoms with van der Waals surface area (Å²) >= 11 is 5.90. The van der Waals surface area contributed by atoms with E-state index in [1.807, 2.05) is 0 Å². The monoisotopic (exact) mass is 320 g/mol. The van der Waals surface area contributed by atoms with E-state index >= 15 is 0 Å². The number of hydrogen-bond acceptors (Lipinski definition) is 4. The number of ether oxygens (including phenoxy) is 1. The second-order valence-electron chi connectivity index (χ2n) is 5.01. The number of carbonyl (C=O) groups excluding carboxylic acids is 1. The maximum Gasteiger partial charge on any atom is 0.337 e. The van der Waals surface area contributed by atoms with Crippen LogP contribution in [0.4, 0.5) is 0 Å². The molecule has 0 aliphatic rings. The van der Waals surface area contributed by atoms with Crippen molar-refractivity contribution in [2.45, 2.75) is 19.1 Å². The molecule has 22 heavy (non-hydrogen) atoms. The van der Waals surface area contributed by atoms with Gasteiger partial charge in [0.15, 0.2) is 0 Å². The predicted molar refractivity (Wildman–Crippen MR) is 83.9 cm³/mol. The molecule has 2 N–H and O–H groups in total. The first-order chi connectivity index (χ1) is 10.4. The molecule has 5 heteroatoms. The summed E-state index contributed by atoms with van der Waals surface area (Å²) in [6.07, 6.45) is -2.23. The number of aryl methyl sites for hydroxylation is 1. The van der Waals surface area contributed by atoms with Crippen LogP contribution >= 0.6 is 11.6 Å². The fraction of sp³-hybridized carbons (Fsp3) is 0.235. The fourth-order valence-electron chi connectivity index (χ4n) is 2.30. The van der Waals surface area contributed by atoms with Gasteiger partial charge in [0, 0.05) is 5.02 Å². The zero-order valence-corrected chi connectivity index (χ0v) is 13.0. The van der Waals surface area contributed by atoms with Gasteiger partial charge in [-0.1, -0.05) is 29.8 Å². The first-order valence-corrected chi connectivity index (χ1v) is 7.12. The summed E-state index contributed by atoms with van der Waals surface area (Å²) in [5, 5.41) is 21.2. The van der Waals surface area contributed by atoms with Crippen LogP contribution in [-0.4, -0.2) is 23.3 Å². The Balaban J connectivity index is 2.29. The number of esters is 1. The van der Waals surface area contributed by atoms with E-state index < -0.39 is 18.2 Å². The van der Waals surface area contributed by atoms with Crippen LogP contribution in [0.2, 0.25) is 5.02 Å². The van der Waals surface area contributed by atoms with E-state index in [0.29, 0.717) is 27.3 Å². The first kappa shape index (κ1) is 16.5. The summed E-state index contributed by atoms with van der Waals surface area (Å²) in [7, 11) is 1.31. The number of methoxy groups -OCH3 is 1. The molecule has 4 nitrogen and oxygen atoms in total. The van der Waals surface area contributed by atoms with Gasteiger partial charge in [0.25, 0.3) is 0 Å². The van der Waals surface area contributed by atoms with Gasteiger partial charge in [-0.25, -0.2) is 4.79 Å². The first-order valence-electron chi connectivity index (χ1n) is 6.74. The molecule has 116 valence electrons. The third kappa shape index (κ3) is 3.47. The fourth-order valence-corrected chi connectivity index (χ4v) is 2.49. The van der Waals surface area contributed by atoms with E-state index in [1.54, 1.807) is 49.4 Å². The van der Waals surface area contributed by atoms with Gasteiger partial charge in [0.1, 0.15) is 12.2 Å². The molecule has 0 amide bonds. The van der Waals surface area contributed by atoms with Crippen LogP contribution in [0.3, 0.4) is 0 Å². The van der Waals surface area contributed by atoms with Crippen molar-refractivity contribution in [2.24, 2.45) is 0 Å². The SMILES string of the molecule is COC(=O)c1ccc([C@@H](O)[C@H](O)c2cccc(Cl)c2)c(C)c1. The topological polar surface area (TPSA) is 66.8 Å². The van der Waals surface area contributed by atoms with Crippen molar-refractivity contribution in [1.82, 2.24) is 0 Å². The Kier molecular flexibility index (Phi) is 5.19. The van der Waals surface area contributed by atoms with Gasteiger partial charge in [0.05, 0.1) is 12.7 Å². The molecule has 0 fully saturated rings. The molecule has 0 saturated carbocycles. The number of aliphatic hydroxyl groups is 2. The van der Waals surface area contributed by atoms with Crippen LogP contribution in [0, 0.1) is 6.92 Å². The summed E-state index contributed by atoms with van der Waals surface area (Å²) in [4.78, 5) is 11.5. The Hall–Kier alpha value is -1.88. The molecule has 0 bridgehead atoms. The zero-order valence-electron chi connectivity index (χ0n) is 12.3. The van der Waals surface area contributed by atoms with E-state index in [1.165, 1.54) is 7.11 Å². The lowest BCUT2D eigenvalue weighted by Crippen LogP contribution is -2.12. The van der Waals surface area contributed by atoms with Crippen LogP contribution in [-0.2, 0) is 4.74 Å². The van der Waals surface area contributed by atoms with E-state index in [2.05, 4.69) is 4.74 Å². The largest absolute Gasteiger partial charge is 0.465 e. The van der Waals surface area contributed by atoms with Gasteiger partial charge in [-0.15, -0.1) is 0 Å². The number of rotatable bonds is 4. The molecule has 0 aromatic heterocycles. The van der Waals surface area contributed by atoms with Crippen LogP contribution in [0.5, 0.6) is 0 Å². The molecule has 2 aromatic carbocycles. The maximum atomic E-state index is 11.5. The summed E-state index contributed by atoms with van der Waals surface area (Å²) in [5.74, 6) is -0.445. The normalized spacial score (nSPS) is 13.5. The summed E-state index contributed by atoms with van der Waals surface area (Å²) in [5.41, 5.74) is 2.15. The smallest absolute Gasteiger partial charge is 0.337 e. The highest BCUT2D eigenvalue weighted by Gasteiger charge is 2.22. The molecule has 0 heterocycles. The van der Waals surface area contributed by atoms with Crippen molar-refractivity contribution >= 4 is 17.6 Å². The lowest BCUT2D eigenvalue weighted by Gasteiger charge is -2.20. The highest BCUT2D eigenvalue weighted by molar-refractivity contribution is 6.30. The molecule has 2 rings (SSSR count). The molecule has 0 unspecified atom stereocenters. The van der Waals surface area contributed by atoms with Crippen molar-refractivity contribution in [3.05, 3.63) is 69.7 Å². The third-order valence-corrected chi connectivity index (χ3v) is 3.73. The average Bonchev–Trinajstić information content (AvgIpc) is 2.52. The Morgan fingerprint density at radius 3 is 2.45 bits per heavy atom. The Labute approximate surface area is 133 Å². The van der Waals surface area contributed by atoms with E-state index in [4.69, 9.17) is 11.6 Å². The van der Waals surface area contributed by atoms with Crippen LogP contribution in [0.15, 0.2) is 42.5 Å². The zero-order chi connectivity index (χ0) is 16.3. The summed E-state index contributed by atoms with van der Waals surface area (Å²) < 4.78 is 4.66. The highest BCUT2D eigenvalue weighted by atomic mass is 35.5. The third-order valence-electron chi connectivity index (χ3n) is 3.50. The number of carbonyl (C=O) groups is 1. The molecular weight excluding hydrogens is 304 g/mol. The van der Waals surface area contributed by atoms with Gasteiger partial charge in [-0.3, -0.25) is 0 Å². The van der Waals surface area contributed by atoms with Gasteiger partial charge in [-0.05, 0) is 47.9 Å². The van der Waals surface area contributed by atoms with Crippen molar-refractivity contribution in [3.63, 3.8) is 0 Å². The van der Waals surface area contributed by atoms with Crippen molar-refractivity contribution in [1.29, 1.82) is 0 Å². The Morgan fingerprint density at radius 1 is 1.14 bits per heavy atom. The maximum absolute atomic E-state index is 11.5. The number of hydrogen-bond donors (Lipinski definition) is 2. The van der Waals surface area contributed by atoms with E-state index in [0.717, 1.165) is 0 Å². The van der Waals surface area contributed by atoms with Gasteiger partial charge >= 0.3 is 5.97 Å². The predicted octanol–water partition coefficient (Wildman–Crippen LogP) is 3.20. The van der Waals surface area contributed by atoms with Gasteiger partial charge in [0.2, 0.25) is 0 Å². The molecular formula is C17H17ClO4. The molecule has 0 saturated heterocycles. The van der Waals surface area contributed by atoms with Crippen molar-refractivity contribution in [3.8, 4) is 0 Å². The lowest BCUT2D eigenvalue weighted by molar-refractivity contribution is 0.0168. The van der Waals surface area contributed by atoms with E-state index in [9.17, 15) is 15.0 Å². The molecule has 0 aliphatic carbocycles. The van der Waals surface area contributed by atoms with Gasteiger partial charge < -0.3 is 14.9 Å². The molecule has 2 atom stereocenters. The Morgan fingerprint density at radius 2 is 1.86 bits per heavy atom. The minimum atomic E-state index is -1.12. The minimum absolute atomic E-state index is 0.396. The van der Waals surface area contributed by atoms with Crippen molar-refractivity contribution < 1.29 is 19.7 Å². The molecule has 0 aliphatic heterocycles. The quantitative estimate of drug-likeness (QED) is 0.849. The van der Waals surface area contributed by atoms with Crippen LogP contribution in [0.1, 0.15) is 39.3 Å². The lowest BCUT2D eigenvalue weighted by atomic mass is 9.94. The standard InChI is InChI=1S/C17H17ClO4/c1-10-8-12(17(21)22-2)6-7-14(10)16(20)15(19)11-4-3-5-13(18)9-11/h3-9,15-16,19-20H,1-2H3/t15-,16-/m1/s1. The molecule has 0 radical (unpaired) electrons. The summed E-state index contributed by atoms with van der Waals surface area (Å²) in [6, 6.07) is 11.5. The second-order valence-corrected chi connectivity index (χ2v) is 5.44. The number of aliphatic hydroxyl groups excluding tert-OH is 2. The molecule has 0 spiro atoms. The van der Waals surface area contributed by atoms with E-state index in [-0.39, 0.29) is 0 Å². The average molecular weight is 321 g/mol. The van der Waals surface area contributed by atoms with Crippen LogP contribution in [0.25, 0.3) is 0 Å². The number of benzene rings is 2. The van der Waals surface area contributed by atoms with Crippen molar-refractivity contribution in [2.75, 3.05) is 7.11 Å². The molecule has 2 aromatic rings. The minimum Gasteiger partial charge on any atom is -0.465 e. The summed E-state index contributed by atoms with van der Waals surface area (Å²) in [6.45, 7) is 1.76. The second kappa shape index (κ2) is 6.92. The van der Waals surface area contributed by atoms with Gasteiger partial charge in [-0.2, -0.15) is 0 Å². The van der Waals surface area contributed by atoms with Crippen LogP contribution < -0.4 is 0 Å². The highest BCUT2D eigenvalue weighted by Crippen LogP contribution is 2.31. The Bertz CT molecular complexity index is 684.